The van der Waals surface area contributed by atoms with Crippen LogP contribution < -0.4 is 5.73 Å². The van der Waals surface area contributed by atoms with Gasteiger partial charge in [-0.05, 0) is 58.7 Å². The maximum atomic E-state index is 14.0. The van der Waals surface area contributed by atoms with Gasteiger partial charge in [-0.1, -0.05) is 23.2 Å². The van der Waals surface area contributed by atoms with Crippen molar-refractivity contribution in [2.75, 3.05) is 18.8 Å². The van der Waals surface area contributed by atoms with Gasteiger partial charge in [0.05, 0.1) is 22.2 Å². The summed E-state index contributed by atoms with van der Waals surface area (Å²) in [6, 6.07) is 4.87. The van der Waals surface area contributed by atoms with Crippen LogP contribution in [-0.4, -0.2) is 44.4 Å². The standard InChI is InChI=1S/C26H30Cl2FN5O2S/c1-15(22-19(27)5-6-20(29)23(22)28)37-21-11-16(12-31-24(21)30)17-13-32-34(14-17)18-7-9-33(10-8-18)25(35)36-26(2,3)4/h5-6,11-15,18H,7-10H2,1-4H3,(H2,30,31)/t15-/m1/s1. The second-order valence-electron chi connectivity index (χ2n) is 10.0. The lowest BCUT2D eigenvalue weighted by atomic mass is 10.1. The number of ether oxygens (including phenoxy) is 1. The number of hydrogen-bond donors (Lipinski definition) is 1. The van der Waals surface area contributed by atoms with Gasteiger partial charge in [-0.2, -0.15) is 5.10 Å². The minimum Gasteiger partial charge on any atom is -0.444 e. The molecule has 0 unspecified atom stereocenters. The second kappa shape index (κ2) is 11.1. The van der Waals surface area contributed by atoms with Gasteiger partial charge < -0.3 is 15.4 Å². The molecule has 3 aromatic rings. The third-order valence-electron chi connectivity index (χ3n) is 6.10. The SMILES string of the molecule is C[C@@H](Sc1cc(-c2cnn(C3CCN(C(=O)OC(C)(C)C)CC3)c2)cnc1N)c1c(Cl)ccc(F)c1Cl. The van der Waals surface area contributed by atoms with Crippen molar-refractivity contribution in [3.8, 4) is 11.1 Å². The Morgan fingerprint density at radius 3 is 2.59 bits per heavy atom. The fraction of sp³-hybridized carbons (Fsp3) is 0.423. The van der Waals surface area contributed by atoms with Crippen LogP contribution in [0.4, 0.5) is 15.0 Å². The summed E-state index contributed by atoms with van der Waals surface area (Å²) in [5.74, 6) is -0.149. The van der Waals surface area contributed by atoms with Crippen molar-refractivity contribution in [1.82, 2.24) is 19.7 Å². The summed E-state index contributed by atoms with van der Waals surface area (Å²) in [6.07, 6.45) is 6.78. The molecule has 1 amide bonds. The molecule has 0 bridgehead atoms. The zero-order valence-corrected chi connectivity index (χ0v) is 23.5. The molecular formula is C26H30Cl2FN5O2S. The van der Waals surface area contributed by atoms with E-state index in [4.69, 9.17) is 33.7 Å². The van der Waals surface area contributed by atoms with Crippen molar-refractivity contribution in [3.05, 3.63) is 58.2 Å². The zero-order valence-electron chi connectivity index (χ0n) is 21.2. The third-order valence-corrected chi connectivity index (χ3v) is 7.98. The molecule has 1 saturated heterocycles. The number of carbonyl (C=O) groups is 1. The van der Waals surface area contributed by atoms with Gasteiger partial charge >= 0.3 is 6.09 Å². The van der Waals surface area contributed by atoms with Crippen molar-refractivity contribution in [3.63, 3.8) is 0 Å². The smallest absolute Gasteiger partial charge is 0.410 e. The largest absolute Gasteiger partial charge is 0.444 e. The van der Waals surface area contributed by atoms with E-state index in [2.05, 4.69) is 10.1 Å². The van der Waals surface area contributed by atoms with Gasteiger partial charge in [0.15, 0.2) is 0 Å². The molecule has 2 N–H and O–H groups in total. The Labute approximate surface area is 230 Å². The van der Waals surface area contributed by atoms with Crippen molar-refractivity contribution < 1.29 is 13.9 Å². The van der Waals surface area contributed by atoms with Crippen molar-refractivity contribution in [2.24, 2.45) is 0 Å². The van der Waals surface area contributed by atoms with Crippen molar-refractivity contribution in [2.45, 2.75) is 62.3 Å². The van der Waals surface area contributed by atoms with Gasteiger partial charge in [-0.3, -0.25) is 4.68 Å². The predicted octanol–water partition coefficient (Wildman–Crippen LogP) is 7.40. The van der Waals surface area contributed by atoms with E-state index in [1.54, 1.807) is 17.3 Å². The first-order chi connectivity index (χ1) is 17.4. The number of amides is 1. The summed E-state index contributed by atoms with van der Waals surface area (Å²) in [6.45, 7) is 8.72. The summed E-state index contributed by atoms with van der Waals surface area (Å²) < 4.78 is 21.5. The summed E-state index contributed by atoms with van der Waals surface area (Å²) >= 11 is 13.9. The summed E-state index contributed by atoms with van der Waals surface area (Å²) in [5.41, 5.74) is 7.93. The molecular weight excluding hydrogens is 536 g/mol. The van der Waals surface area contributed by atoms with Crippen molar-refractivity contribution >= 4 is 46.9 Å². The Balaban J connectivity index is 1.45. The summed E-state index contributed by atoms with van der Waals surface area (Å²) in [4.78, 5) is 19.2. The Bertz CT molecular complexity index is 1290. The first kappa shape index (κ1) is 27.5. The molecule has 7 nitrogen and oxygen atoms in total. The van der Waals surface area contributed by atoms with Gasteiger partial charge in [0.2, 0.25) is 0 Å². The van der Waals surface area contributed by atoms with E-state index in [1.165, 1.54) is 23.9 Å². The Hall–Kier alpha value is -2.49. The fourth-order valence-corrected chi connectivity index (χ4v) is 6.14. The number of nitrogens with zero attached hydrogens (tertiary/aromatic N) is 4. The number of halogens is 3. The lowest BCUT2D eigenvalue weighted by Gasteiger charge is -2.33. The monoisotopic (exact) mass is 565 g/mol. The van der Waals surface area contributed by atoms with Crippen LogP contribution in [0.1, 0.15) is 57.4 Å². The molecule has 11 heteroatoms. The molecule has 0 aliphatic carbocycles. The third kappa shape index (κ3) is 6.51. The number of hydrogen-bond acceptors (Lipinski definition) is 6. The topological polar surface area (TPSA) is 86.3 Å². The number of benzene rings is 1. The highest BCUT2D eigenvalue weighted by Crippen LogP contribution is 2.44. The highest BCUT2D eigenvalue weighted by Gasteiger charge is 2.28. The molecule has 4 rings (SSSR count). The fourth-order valence-electron chi connectivity index (χ4n) is 4.20. The normalized spacial score (nSPS) is 15.6. The number of carbonyl (C=O) groups excluding carboxylic acids is 1. The minimum absolute atomic E-state index is 0.00850. The second-order valence-corrected chi connectivity index (χ2v) is 12.2. The molecule has 0 saturated carbocycles. The number of piperidine rings is 1. The molecule has 1 aliphatic rings. The highest BCUT2D eigenvalue weighted by atomic mass is 35.5. The average Bonchev–Trinajstić information content (AvgIpc) is 3.32. The predicted molar refractivity (Wildman–Crippen MR) is 147 cm³/mol. The molecule has 0 spiro atoms. The number of pyridine rings is 1. The van der Waals surface area contributed by atoms with Crippen LogP contribution in [0.15, 0.2) is 41.7 Å². The number of aromatic nitrogens is 3. The van der Waals surface area contributed by atoms with Gasteiger partial charge in [0.25, 0.3) is 0 Å². The van der Waals surface area contributed by atoms with E-state index in [1.807, 2.05) is 44.6 Å². The zero-order chi connectivity index (χ0) is 26.9. The molecule has 37 heavy (non-hydrogen) atoms. The molecule has 3 heterocycles. The molecule has 1 aliphatic heterocycles. The average molecular weight is 567 g/mol. The maximum Gasteiger partial charge on any atom is 0.410 e. The number of likely N-dealkylation sites (tertiary alicyclic amines) is 1. The molecule has 1 aromatic carbocycles. The van der Waals surface area contributed by atoms with Gasteiger partial charge in [0, 0.05) is 52.4 Å². The quantitative estimate of drug-likeness (QED) is 0.256. The lowest BCUT2D eigenvalue weighted by molar-refractivity contribution is 0.0185. The minimum atomic E-state index is -0.516. The van der Waals surface area contributed by atoms with Crippen LogP contribution in [0.3, 0.4) is 0 Å². The van der Waals surface area contributed by atoms with Crippen molar-refractivity contribution in [1.29, 1.82) is 0 Å². The Kier molecular flexibility index (Phi) is 8.26. The van der Waals surface area contributed by atoms with E-state index in [-0.39, 0.29) is 22.4 Å². The Morgan fingerprint density at radius 2 is 1.92 bits per heavy atom. The van der Waals surface area contributed by atoms with Gasteiger partial charge in [0.1, 0.15) is 17.2 Å². The molecule has 2 aromatic heterocycles. The molecule has 198 valence electrons. The Morgan fingerprint density at radius 1 is 1.22 bits per heavy atom. The number of nitrogens with two attached hydrogens (primary N) is 1. The van der Waals surface area contributed by atoms with Crippen LogP contribution in [0.5, 0.6) is 0 Å². The van der Waals surface area contributed by atoms with E-state index >= 15 is 0 Å². The molecule has 1 fully saturated rings. The van der Waals surface area contributed by atoms with E-state index in [0.717, 1.165) is 28.9 Å². The van der Waals surface area contributed by atoms with Crippen LogP contribution in [-0.2, 0) is 4.74 Å². The molecule has 1 atom stereocenters. The first-order valence-electron chi connectivity index (χ1n) is 12.0. The highest BCUT2D eigenvalue weighted by molar-refractivity contribution is 7.99. The van der Waals surface area contributed by atoms with Gasteiger partial charge in [-0.15, -0.1) is 11.8 Å². The number of thioether (sulfide) groups is 1. The summed E-state index contributed by atoms with van der Waals surface area (Å²) in [7, 11) is 0. The maximum absolute atomic E-state index is 14.0. The van der Waals surface area contributed by atoms with E-state index in [9.17, 15) is 9.18 Å². The van der Waals surface area contributed by atoms with Gasteiger partial charge in [-0.25, -0.2) is 14.2 Å². The summed E-state index contributed by atoms with van der Waals surface area (Å²) in [5, 5.41) is 4.73. The number of nitrogen functional groups attached to an aromatic ring is 1. The van der Waals surface area contributed by atoms with Crippen LogP contribution in [0.25, 0.3) is 11.1 Å². The van der Waals surface area contributed by atoms with Crippen LogP contribution in [0, 0.1) is 5.82 Å². The van der Waals surface area contributed by atoms with E-state index < -0.39 is 11.4 Å². The number of rotatable bonds is 5. The van der Waals surface area contributed by atoms with E-state index in [0.29, 0.717) is 29.5 Å². The van der Waals surface area contributed by atoms with Crippen LogP contribution >= 0.6 is 35.0 Å². The first-order valence-corrected chi connectivity index (χ1v) is 13.6. The number of anilines is 1. The lowest BCUT2D eigenvalue weighted by Crippen LogP contribution is -2.42. The van der Waals surface area contributed by atoms with Crippen LogP contribution in [0.2, 0.25) is 10.0 Å². The molecule has 0 radical (unpaired) electrons.